The van der Waals surface area contributed by atoms with Gasteiger partial charge in [-0.1, -0.05) is 0 Å². The van der Waals surface area contributed by atoms with E-state index in [0.717, 1.165) is 19.4 Å². The lowest BCUT2D eigenvalue weighted by atomic mass is 10.1. The van der Waals surface area contributed by atoms with E-state index in [9.17, 15) is 56.6 Å². The SMILES string of the molecule is CSCC[C@H](NC(=O)CNC(=O)[C@@H]1CCCN1C(=O)[C@@H]1CCCN1C(=O)[C@@H]1CCCN1)C(=O)N[C@@H](CCCN=C(N)N)C(=O)N1CCC[C@H]1C(=O)N1CCC[C@H]1C(=O)O.O=C(O)C(F)(F)F. The highest BCUT2D eigenvalue weighted by Crippen LogP contribution is 2.28. The van der Waals surface area contributed by atoms with E-state index in [1.54, 1.807) is 4.90 Å². The molecule has 7 atom stereocenters. The number of nitrogens with two attached hydrogens (primary N) is 2. The number of thioether (sulfide) groups is 1. The highest BCUT2D eigenvalue weighted by molar-refractivity contribution is 7.98. The first kappa shape index (κ1) is 53.2. The molecule has 0 bridgehead atoms. The topological polar surface area (TPSA) is 320 Å². The molecule has 0 spiro atoms. The zero-order valence-corrected chi connectivity index (χ0v) is 37.7. The quantitative estimate of drug-likeness (QED) is 0.0432. The summed E-state index contributed by atoms with van der Waals surface area (Å²) in [5, 5.41) is 28.1. The Hall–Kier alpha value is -5.40. The maximum Gasteiger partial charge on any atom is 0.490 e. The third-order valence-electron chi connectivity index (χ3n) is 12.1. The minimum Gasteiger partial charge on any atom is -0.480 e. The highest BCUT2D eigenvalue weighted by atomic mass is 32.2. The molecular weight excluding hydrogens is 900 g/mol. The Bertz CT molecular complexity index is 1820. The Labute approximate surface area is 383 Å². The van der Waals surface area contributed by atoms with Gasteiger partial charge >= 0.3 is 18.1 Å². The van der Waals surface area contributed by atoms with Crippen molar-refractivity contribution >= 4 is 71.0 Å². The van der Waals surface area contributed by atoms with E-state index in [1.807, 2.05) is 6.26 Å². The molecule has 66 heavy (non-hydrogen) atoms. The van der Waals surface area contributed by atoms with Crippen LogP contribution < -0.4 is 32.7 Å². The van der Waals surface area contributed by atoms with Gasteiger partial charge in [-0.15, -0.1) is 0 Å². The predicted octanol–water partition coefficient (Wildman–Crippen LogP) is -1.69. The lowest BCUT2D eigenvalue weighted by molar-refractivity contribution is -0.192. The monoisotopic (exact) mass is 961 g/mol. The molecule has 0 aromatic carbocycles. The third kappa shape index (κ3) is 14.5. The molecule has 0 saturated carbocycles. The van der Waals surface area contributed by atoms with Crippen LogP contribution in [0.1, 0.15) is 83.5 Å². The molecule has 5 saturated heterocycles. The molecule has 26 heteroatoms. The van der Waals surface area contributed by atoms with Crippen LogP contribution in [0, 0.1) is 0 Å². The predicted molar refractivity (Wildman–Crippen MR) is 231 cm³/mol. The number of rotatable bonds is 18. The first-order chi connectivity index (χ1) is 31.3. The number of carboxylic acids is 2. The molecule has 370 valence electrons. The van der Waals surface area contributed by atoms with E-state index in [4.69, 9.17) is 21.4 Å². The van der Waals surface area contributed by atoms with Gasteiger partial charge in [0.15, 0.2) is 5.96 Å². The van der Waals surface area contributed by atoms with Crippen LogP contribution in [0.4, 0.5) is 13.2 Å². The molecule has 0 radical (unpaired) electrons. The van der Waals surface area contributed by atoms with E-state index in [1.165, 1.54) is 26.5 Å². The van der Waals surface area contributed by atoms with Crippen LogP contribution in [0.2, 0.25) is 0 Å². The number of aliphatic carboxylic acids is 2. The van der Waals surface area contributed by atoms with Crippen molar-refractivity contribution in [2.24, 2.45) is 16.5 Å². The van der Waals surface area contributed by atoms with Gasteiger partial charge < -0.3 is 62.5 Å². The number of likely N-dealkylation sites (tertiary alicyclic amines) is 4. The average molecular weight is 962 g/mol. The number of halogens is 3. The average Bonchev–Trinajstić information content (AvgIpc) is 4.13. The van der Waals surface area contributed by atoms with Gasteiger partial charge in [0.25, 0.3) is 0 Å². The van der Waals surface area contributed by atoms with E-state index in [0.29, 0.717) is 76.6 Å². The zero-order chi connectivity index (χ0) is 48.7. The number of nitrogens with zero attached hydrogens (tertiary/aromatic N) is 5. The maximum absolute atomic E-state index is 14.1. The Morgan fingerprint density at radius 3 is 1.79 bits per heavy atom. The van der Waals surface area contributed by atoms with Gasteiger partial charge in [-0.2, -0.15) is 24.9 Å². The molecule has 0 unspecified atom stereocenters. The minimum atomic E-state index is -5.08. The molecule has 10 N–H and O–H groups in total. The van der Waals surface area contributed by atoms with Crippen LogP contribution in [0.15, 0.2) is 4.99 Å². The van der Waals surface area contributed by atoms with Crippen molar-refractivity contribution in [1.29, 1.82) is 0 Å². The molecule has 7 amide bonds. The van der Waals surface area contributed by atoms with Gasteiger partial charge in [0.1, 0.15) is 36.3 Å². The first-order valence-corrected chi connectivity index (χ1v) is 23.6. The number of alkyl halides is 3. The van der Waals surface area contributed by atoms with Crippen LogP contribution in [0.25, 0.3) is 0 Å². The van der Waals surface area contributed by atoms with E-state index in [-0.39, 0.29) is 56.3 Å². The summed E-state index contributed by atoms with van der Waals surface area (Å²) in [6.07, 6.45) is 2.96. The molecule has 0 aromatic heterocycles. The van der Waals surface area contributed by atoms with Gasteiger partial charge in [0, 0.05) is 32.7 Å². The minimum absolute atomic E-state index is 0.0829. The van der Waals surface area contributed by atoms with Crippen LogP contribution in [0.3, 0.4) is 0 Å². The Morgan fingerprint density at radius 2 is 1.26 bits per heavy atom. The molecular formula is C40H62F3N11O11S. The van der Waals surface area contributed by atoms with Crippen molar-refractivity contribution in [2.75, 3.05) is 57.8 Å². The second kappa shape index (κ2) is 24.9. The fourth-order valence-corrected chi connectivity index (χ4v) is 9.38. The number of aliphatic imine (C=N–C) groups is 1. The number of carboxylic acid groups (broad SMARTS) is 2. The summed E-state index contributed by atoms with van der Waals surface area (Å²) in [5.74, 6) is -6.59. The van der Waals surface area contributed by atoms with E-state index >= 15 is 0 Å². The van der Waals surface area contributed by atoms with Crippen LogP contribution in [-0.2, 0) is 43.2 Å². The number of amides is 7. The summed E-state index contributed by atoms with van der Waals surface area (Å²) < 4.78 is 31.7. The van der Waals surface area contributed by atoms with Gasteiger partial charge in [-0.25, -0.2) is 9.59 Å². The molecule has 5 heterocycles. The van der Waals surface area contributed by atoms with Crippen molar-refractivity contribution in [3.05, 3.63) is 0 Å². The first-order valence-electron chi connectivity index (χ1n) is 22.2. The van der Waals surface area contributed by atoms with Crippen LogP contribution in [-0.4, -0.2) is 195 Å². The number of carbonyl (C=O) groups excluding carboxylic acids is 7. The molecule has 5 aliphatic heterocycles. The summed E-state index contributed by atoms with van der Waals surface area (Å²) in [5.41, 5.74) is 11.0. The smallest absolute Gasteiger partial charge is 0.480 e. The molecule has 22 nitrogen and oxygen atoms in total. The van der Waals surface area contributed by atoms with Gasteiger partial charge in [0.2, 0.25) is 41.4 Å². The molecule has 0 aromatic rings. The van der Waals surface area contributed by atoms with Crippen molar-refractivity contribution < 1.29 is 66.5 Å². The van der Waals surface area contributed by atoms with E-state index < -0.39 is 90.4 Å². The fourth-order valence-electron chi connectivity index (χ4n) is 8.91. The van der Waals surface area contributed by atoms with E-state index in [2.05, 4.69) is 26.3 Å². The summed E-state index contributed by atoms with van der Waals surface area (Å²) in [6.45, 7) is 1.84. The molecule has 0 aliphatic carbocycles. The number of guanidine groups is 1. The van der Waals surface area contributed by atoms with Crippen molar-refractivity contribution in [3.63, 3.8) is 0 Å². The van der Waals surface area contributed by atoms with Crippen LogP contribution in [0.5, 0.6) is 0 Å². The third-order valence-corrected chi connectivity index (χ3v) is 12.8. The Balaban J connectivity index is 0.00000126. The van der Waals surface area contributed by atoms with Crippen molar-refractivity contribution in [3.8, 4) is 0 Å². The van der Waals surface area contributed by atoms with Crippen molar-refractivity contribution in [2.45, 2.75) is 132 Å². The summed E-state index contributed by atoms with van der Waals surface area (Å²) in [7, 11) is 0. The summed E-state index contributed by atoms with van der Waals surface area (Å²) >= 11 is 1.45. The molecule has 5 fully saturated rings. The number of hydrogen-bond donors (Lipinski definition) is 8. The fraction of sp³-hybridized carbons (Fsp3) is 0.750. The second-order valence-corrected chi connectivity index (χ2v) is 17.7. The lowest BCUT2D eigenvalue weighted by Gasteiger charge is -2.32. The zero-order valence-electron chi connectivity index (χ0n) is 36.9. The molecule has 5 aliphatic rings. The van der Waals surface area contributed by atoms with Crippen molar-refractivity contribution in [1.82, 2.24) is 40.9 Å². The van der Waals surface area contributed by atoms with Crippen LogP contribution >= 0.6 is 11.8 Å². The van der Waals surface area contributed by atoms with Gasteiger partial charge in [0.05, 0.1) is 12.6 Å². The highest BCUT2D eigenvalue weighted by Gasteiger charge is 2.46. The lowest BCUT2D eigenvalue weighted by Crippen LogP contribution is -2.58. The molecule has 5 rings (SSSR count). The largest absolute Gasteiger partial charge is 0.490 e. The summed E-state index contributed by atoms with van der Waals surface area (Å²) in [4.78, 5) is 126. The Morgan fingerprint density at radius 1 is 0.727 bits per heavy atom. The number of hydrogen-bond acceptors (Lipinski definition) is 12. The number of carbonyl (C=O) groups is 9. The Kier molecular flexibility index (Phi) is 20.1. The maximum atomic E-state index is 14.1. The number of nitrogens with one attached hydrogen (secondary N) is 4. The normalized spacial score (nSPS) is 23.6. The van der Waals surface area contributed by atoms with Gasteiger partial charge in [-0.05, 0) is 102 Å². The second-order valence-electron chi connectivity index (χ2n) is 16.7. The summed E-state index contributed by atoms with van der Waals surface area (Å²) in [6, 6.07) is -5.77. The standard InChI is InChI=1S/C38H61N11O9S.C2HF3O2/c1-59-21-14-23(44-30(50)22-43-32(52)26-10-4-17-46(26)35(55)27-11-5-18-47(27)33(53)24-8-2-15-41-24)31(51)45-25(9-3-16-42-38(39)40)34(54)48-19-6-12-28(48)36(56)49-20-7-13-29(49)37(57)58;3-2(4,5)1(6)7/h23-29,41H,2-22H2,1H3,(H,43,52)(H,44,50)(H,45,51)(H,57,58)(H4,39,40,42);(H,6,7)/t23-,24-,25-,26-,27-,28-,29-;/m0./s1. The van der Waals surface area contributed by atoms with Gasteiger partial charge in [-0.3, -0.25) is 38.6 Å².